The zero-order valence-electron chi connectivity index (χ0n) is 3.64. The van der Waals surface area contributed by atoms with E-state index in [-0.39, 0.29) is 0 Å². The second kappa shape index (κ2) is 73.0. The van der Waals surface area contributed by atoms with Crippen LogP contribution in [-0.4, -0.2) is 0 Å². The third kappa shape index (κ3) is 272. The molecule has 0 nitrogen and oxygen atoms in total. The van der Waals surface area contributed by atoms with Crippen LogP contribution < -0.4 is 0 Å². The van der Waals surface area contributed by atoms with Crippen LogP contribution >= 0.6 is 18.8 Å². The van der Waals surface area contributed by atoms with Crippen LogP contribution in [0.4, 0.5) is 0 Å². The van der Waals surface area contributed by atoms with Gasteiger partial charge in [0, 0.05) is 0 Å². The van der Waals surface area contributed by atoms with Gasteiger partial charge in [0.05, 0.1) is 0 Å². The average Bonchev–Trinajstić information content (AvgIpc) is 1.78. The SMILES string of the molecule is [CH-]=C.[CH-]=C.[Cl][Pt+2][Cl]. The van der Waals surface area contributed by atoms with Crippen LogP contribution in [0.25, 0.3) is 0 Å². The molecule has 0 spiro atoms. The van der Waals surface area contributed by atoms with Crippen molar-refractivity contribution in [2.24, 2.45) is 0 Å². The molecule has 0 radical (unpaired) electrons. The fourth-order valence-electron chi connectivity index (χ4n) is 0. The predicted octanol–water partition coefficient (Wildman–Crippen LogP) is 2.59. The minimum absolute atomic E-state index is 0.472. The Bertz CT molecular complexity index is 17.2. The molecular formula is C4H6Cl2Pt. The normalized spacial score (nSPS) is 4.29. The van der Waals surface area contributed by atoms with Gasteiger partial charge in [-0.15, -0.1) is 0 Å². The second-order valence-electron chi connectivity index (χ2n) is 0.0452. The van der Waals surface area contributed by atoms with Gasteiger partial charge in [-0.05, 0) is 0 Å². The Balaban J connectivity index is -0.0000000360. The molecule has 0 aromatic rings. The van der Waals surface area contributed by atoms with Gasteiger partial charge in [-0.3, -0.25) is 13.2 Å². The number of hydrogen-bond acceptors (Lipinski definition) is 0. The summed E-state index contributed by atoms with van der Waals surface area (Å²) in [7, 11) is 9.75. The summed E-state index contributed by atoms with van der Waals surface area (Å²) in [4.78, 5) is 0. The molecule has 0 aliphatic heterocycles. The third-order valence-corrected chi connectivity index (χ3v) is 0. The van der Waals surface area contributed by atoms with Crippen LogP contribution in [-0.2, 0) is 16.5 Å². The molecular weight excluding hydrogens is 314 g/mol. The first-order valence-corrected chi connectivity index (χ1v) is 6.69. The van der Waals surface area contributed by atoms with Crippen molar-refractivity contribution in [3.8, 4) is 0 Å². The van der Waals surface area contributed by atoms with E-state index in [1.165, 1.54) is 0 Å². The maximum absolute atomic E-state index is 4.88. The molecule has 0 saturated carbocycles. The van der Waals surface area contributed by atoms with Crippen molar-refractivity contribution in [2.45, 2.75) is 0 Å². The molecule has 0 aliphatic rings. The minimum atomic E-state index is -0.472. The first-order chi connectivity index (χ1) is 3.41. The fourth-order valence-corrected chi connectivity index (χ4v) is 0. The van der Waals surface area contributed by atoms with Crippen molar-refractivity contribution >= 4 is 18.8 Å². The van der Waals surface area contributed by atoms with Gasteiger partial charge in [-0.25, -0.2) is 0 Å². The molecule has 0 aromatic heterocycles. The molecule has 3 heteroatoms. The van der Waals surface area contributed by atoms with E-state index in [1.807, 2.05) is 0 Å². The van der Waals surface area contributed by atoms with E-state index in [4.69, 9.17) is 18.8 Å². The summed E-state index contributed by atoms with van der Waals surface area (Å²) in [6.45, 7) is 14.0. The molecule has 0 fully saturated rings. The molecule has 0 saturated heterocycles. The molecule has 0 atom stereocenters. The molecule has 0 aliphatic carbocycles. The van der Waals surface area contributed by atoms with Gasteiger partial charge in [-0.2, -0.15) is 0 Å². The number of rotatable bonds is 0. The monoisotopic (exact) mass is 319 g/mol. The molecule has 0 heterocycles. The fraction of sp³-hybridized carbons (Fsp3) is 0. The van der Waals surface area contributed by atoms with Gasteiger partial charge in [0.1, 0.15) is 0 Å². The summed E-state index contributed by atoms with van der Waals surface area (Å²) in [6, 6.07) is 0. The van der Waals surface area contributed by atoms with E-state index < -0.39 is 16.5 Å². The topological polar surface area (TPSA) is 0 Å². The van der Waals surface area contributed by atoms with Crippen molar-refractivity contribution < 1.29 is 16.5 Å². The van der Waals surface area contributed by atoms with E-state index in [9.17, 15) is 0 Å². The second-order valence-corrected chi connectivity index (χ2v) is 3.33. The molecule has 0 bridgehead atoms. The van der Waals surface area contributed by atoms with Crippen LogP contribution in [0.3, 0.4) is 0 Å². The van der Waals surface area contributed by atoms with Crippen molar-refractivity contribution in [2.75, 3.05) is 0 Å². The van der Waals surface area contributed by atoms with Gasteiger partial charge in [-0.1, -0.05) is 0 Å². The Morgan fingerprint density at radius 3 is 1.00 bits per heavy atom. The quantitative estimate of drug-likeness (QED) is 0.602. The van der Waals surface area contributed by atoms with Crippen LogP contribution in [0.1, 0.15) is 0 Å². The Hall–Kier alpha value is 0.748. The van der Waals surface area contributed by atoms with E-state index in [0.29, 0.717) is 0 Å². The summed E-state index contributed by atoms with van der Waals surface area (Å²) in [5.74, 6) is 0. The standard InChI is InChI=1S/2C2H3.2ClH.Pt/c2*1-2;;;/h2*1H,2H2;2*1H;/q2*-1;;;+4/p-2. The van der Waals surface area contributed by atoms with E-state index in [1.54, 1.807) is 0 Å². The Morgan fingerprint density at radius 1 is 1.00 bits per heavy atom. The zero-order chi connectivity index (χ0) is 6.71. The van der Waals surface area contributed by atoms with Crippen molar-refractivity contribution in [1.29, 1.82) is 0 Å². The molecule has 46 valence electrons. The molecule has 0 unspecified atom stereocenters. The Kier molecular flexibility index (Phi) is 163. The van der Waals surface area contributed by atoms with E-state index in [2.05, 4.69) is 26.3 Å². The van der Waals surface area contributed by atoms with Crippen molar-refractivity contribution in [3.63, 3.8) is 0 Å². The van der Waals surface area contributed by atoms with E-state index in [0.717, 1.165) is 0 Å². The maximum atomic E-state index is 4.88. The summed E-state index contributed by atoms with van der Waals surface area (Å²) in [5, 5.41) is 0. The van der Waals surface area contributed by atoms with Crippen LogP contribution in [0.15, 0.2) is 13.2 Å². The summed E-state index contributed by atoms with van der Waals surface area (Å²) in [6.07, 6.45) is 0. The van der Waals surface area contributed by atoms with Crippen LogP contribution in [0.5, 0.6) is 0 Å². The van der Waals surface area contributed by atoms with Crippen molar-refractivity contribution in [3.05, 3.63) is 26.3 Å². The average molecular weight is 320 g/mol. The third-order valence-electron chi connectivity index (χ3n) is 0. The van der Waals surface area contributed by atoms with Crippen LogP contribution in [0, 0.1) is 13.2 Å². The van der Waals surface area contributed by atoms with Gasteiger partial charge in [0.2, 0.25) is 0 Å². The molecule has 7 heavy (non-hydrogen) atoms. The van der Waals surface area contributed by atoms with Crippen LogP contribution in [0.2, 0.25) is 0 Å². The predicted molar refractivity (Wildman–Crippen MR) is 31.6 cm³/mol. The van der Waals surface area contributed by atoms with Gasteiger partial charge in [0.15, 0.2) is 0 Å². The van der Waals surface area contributed by atoms with E-state index >= 15 is 0 Å². The molecule has 0 N–H and O–H groups in total. The van der Waals surface area contributed by atoms with Gasteiger partial charge in [0.25, 0.3) is 0 Å². The Morgan fingerprint density at radius 2 is 1.00 bits per heavy atom. The summed E-state index contributed by atoms with van der Waals surface area (Å²) in [5.41, 5.74) is 0. The van der Waals surface area contributed by atoms with Crippen molar-refractivity contribution in [1.82, 2.24) is 0 Å². The molecule has 0 amide bonds. The van der Waals surface area contributed by atoms with Gasteiger partial charge < -0.3 is 13.2 Å². The number of halogens is 2. The van der Waals surface area contributed by atoms with Gasteiger partial charge >= 0.3 is 35.3 Å². The molecule has 0 aromatic carbocycles. The first-order valence-electron chi connectivity index (χ1n) is 1.06. The Labute approximate surface area is 61.6 Å². The summed E-state index contributed by atoms with van der Waals surface area (Å²) < 4.78 is 0. The summed E-state index contributed by atoms with van der Waals surface area (Å²) >= 11 is -0.472. The zero-order valence-corrected chi connectivity index (χ0v) is 7.43. The molecule has 0 rings (SSSR count). The number of hydrogen-bond donors (Lipinski definition) is 0. The first kappa shape index (κ1) is 15.7.